The quantitative estimate of drug-likeness (QED) is 0.512. The van der Waals surface area contributed by atoms with Gasteiger partial charge in [-0.05, 0) is 17.5 Å². The molecule has 2 aromatic rings. The molecule has 0 unspecified atom stereocenters. The van der Waals surface area contributed by atoms with Gasteiger partial charge in [0, 0.05) is 0 Å². The van der Waals surface area contributed by atoms with Crippen molar-refractivity contribution in [3.63, 3.8) is 0 Å². The van der Waals surface area contributed by atoms with E-state index in [9.17, 15) is 0 Å². The van der Waals surface area contributed by atoms with E-state index in [0.29, 0.717) is 0 Å². The monoisotopic (exact) mass is 368 g/mol. The third kappa shape index (κ3) is 4.82. The number of benzene rings is 1. The molecule has 0 aliphatic heterocycles. The van der Waals surface area contributed by atoms with Crippen molar-refractivity contribution in [3.8, 4) is 0 Å². The van der Waals surface area contributed by atoms with E-state index < -0.39 is 0 Å². The zero-order chi connectivity index (χ0) is 12.8. The first-order chi connectivity index (χ1) is 8.81. The lowest BCUT2D eigenvalue weighted by atomic mass is 10.1. The molecule has 102 valence electrons. The van der Waals surface area contributed by atoms with Crippen LogP contribution in [0.25, 0.3) is 6.08 Å². The van der Waals surface area contributed by atoms with Gasteiger partial charge >= 0.3 is 0 Å². The van der Waals surface area contributed by atoms with Gasteiger partial charge in [-0.2, -0.15) is 0 Å². The Balaban J connectivity index is 0.00000180. The maximum Gasteiger partial charge on any atom is 0.244 e. The standard InChI is InChI=1S/C16H21N2.HI/c1-3-5-10-17-11-12-18(14-17)13-16-8-6-15(4-2)7-9-16;/h4,6-9,11-12,14H,2-3,5,10,13H2,1H3;1H/q+1;/p-1. The van der Waals surface area contributed by atoms with E-state index in [1.165, 1.54) is 24.0 Å². The van der Waals surface area contributed by atoms with Gasteiger partial charge in [0.05, 0.1) is 6.54 Å². The first-order valence-corrected chi connectivity index (χ1v) is 6.58. The van der Waals surface area contributed by atoms with E-state index in [1.54, 1.807) is 0 Å². The molecule has 0 saturated carbocycles. The predicted octanol–water partition coefficient (Wildman–Crippen LogP) is 0.271. The highest BCUT2D eigenvalue weighted by Gasteiger charge is 2.04. The fourth-order valence-corrected chi connectivity index (χ4v) is 1.98. The molecule has 0 fully saturated rings. The van der Waals surface area contributed by atoms with E-state index in [2.05, 4.69) is 65.6 Å². The summed E-state index contributed by atoms with van der Waals surface area (Å²) >= 11 is 0. The second-order valence-corrected chi connectivity index (χ2v) is 4.62. The predicted molar refractivity (Wildman–Crippen MR) is 75.2 cm³/mol. The number of nitrogens with zero attached hydrogens (tertiary/aromatic N) is 2. The van der Waals surface area contributed by atoms with Gasteiger partial charge < -0.3 is 24.0 Å². The average molecular weight is 368 g/mol. The summed E-state index contributed by atoms with van der Waals surface area (Å²) in [5.74, 6) is 0. The Morgan fingerprint density at radius 2 is 2.00 bits per heavy atom. The van der Waals surface area contributed by atoms with Crippen molar-refractivity contribution < 1.29 is 28.5 Å². The number of hydrogen-bond acceptors (Lipinski definition) is 0. The lowest BCUT2D eigenvalue weighted by molar-refractivity contribution is -0.687. The van der Waals surface area contributed by atoms with Gasteiger partial charge in [-0.15, -0.1) is 0 Å². The lowest BCUT2D eigenvalue weighted by Crippen LogP contribution is -3.00. The van der Waals surface area contributed by atoms with Gasteiger partial charge in [-0.25, -0.2) is 9.13 Å². The van der Waals surface area contributed by atoms with Gasteiger partial charge in [0.2, 0.25) is 6.33 Å². The zero-order valence-corrected chi connectivity index (χ0v) is 13.6. The molecular weight excluding hydrogens is 347 g/mol. The van der Waals surface area contributed by atoms with E-state index in [-0.39, 0.29) is 24.0 Å². The molecule has 0 aliphatic carbocycles. The summed E-state index contributed by atoms with van der Waals surface area (Å²) < 4.78 is 4.47. The van der Waals surface area contributed by atoms with Gasteiger partial charge in [-0.3, -0.25) is 0 Å². The number of hydrogen-bond donors (Lipinski definition) is 0. The first kappa shape index (κ1) is 16.0. The highest BCUT2D eigenvalue weighted by Crippen LogP contribution is 2.05. The second kappa shape index (κ2) is 8.15. The fourth-order valence-electron chi connectivity index (χ4n) is 1.98. The Morgan fingerprint density at radius 3 is 2.63 bits per heavy atom. The molecule has 2 rings (SSSR count). The maximum atomic E-state index is 3.77. The summed E-state index contributed by atoms with van der Waals surface area (Å²) in [6.45, 7) is 8.03. The lowest BCUT2D eigenvalue weighted by Gasteiger charge is -1.99. The largest absolute Gasteiger partial charge is 1.00 e. The van der Waals surface area contributed by atoms with Crippen LogP contribution in [0.5, 0.6) is 0 Å². The van der Waals surface area contributed by atoms with Crippen LogP contribution in [-0.4, -0.2) is 4.57 Å². The van der Waals surface area contributed by atoms with Crippen molar-refractivity contribution in [3.05, 3.63) is 60.7 Å². The second-order valence-electron chi connectivity index (χ2n) is 4.62. The molecule has 0 saturated heterocycles. The Bertz CT molecular complexity index is 500. The molecule has 3 heteroatoms. The van der Waals surface area contributed by atoms with Crippen molar-refractivity contribution in [2.75, 3.05) is 0 Å². The number of halogens is 1. The molecule has 0 atom stereocenters. The Labute approximate surface area is 132 Å². The Morgan fingerprint density at radius 1 is 1.26 bits per heavy atom. The minimum Gasteiger partial charge on any atom is -1.00 e. The van der Waals surface area contributed by atoms with Crippen molar-refractivity contribution in [1.82, 2.24) is 4.57 Å². The fraction of sp³-hybridized carbons (Fsp3) is 0.312. The van der Waals surface area contributed by atoms with Gasteiger partial charge in [0.25, 0.3) is 0 Å². The van der Waals surface area contributed by atoms with Gasteiger partial charge in [0.15, 0.2) is 0 Å². The smallest absolute Gasteiger partial charge is 0.244 e. The van der Waals surface area contributed by atoms with Crippen LogP contribution in [0.15, 0.2) is 49.6 Å². The average Bonchev–Trinajstić information content (AvgIpc) is 2.85. The van der Waals surface area contributed by atoms with Crippen LogP contribution in [0.4, 0.5) is 0 Å². The summed E-state index contributed by atoms with van der Waals surface area (Å²) in [7, 11) is 0. The number of aromatic nitrogens is 2. The van der Waals surface area contributed by atoms with Crippen LogP contribution < -0.4 is 28.5 Å². The molecule has 0 radical (unpaired) electrons. The Hall–Kier alpha value is -1.10. The normalized spacial score (nSPS) is 9.95. The minimum absolute atomic E-state index is 0. The van der Waals surface area contributed by atoms with Crippen molar-refractivity contribution in [2.24, 2.45) is 0 Å². The minimum atomic E-state index is 0. The SMILES string of the molecule is C=Cc1ccc(C[n+]2ccn(CCCC)c2)cc1.[I-]. The summed E-state index contributed by atoms with van der Waals surface area (Å²) in [4.78, 5) is 0. The van der Waals surface area contributed by atoms with Crippen molar-refractivity contribution in [1.29, 1.82) is 0 Å². The maximum absolute atomic E-state index is 3.77. The van der Waals surface area contributed by atoms with Crippen LogP contribution in [0, 0.1) is 0 Å². The molecule has 2 nitrogen and oxygen atoms in total. The summed E-state index contributed by atoms with van der Waals surface area (Å²) in [5, 5.41) is 0. The topological polar surface area (TPSA) is 8.81 Å². The van der Waals surface area contributed by atoms with Crippen LogP contribution in [0.1, 0.15) is 30.9 Å². The van der Waals surface area contributed by atoms with Gasteiger partial charge in [-0.1, -0.05) is 50.3 Å². The van der Waals surface area contributed by atoms with E-state index >= 15 is 0 Å². The Kier molecular flexibility index (Phi) is 6.84. The number of rotatable bonds is 6. The summed E-state index contributed by atoms with van der Waals surface area (Å²) in [6, 6.07) is 8.54. The van der Waals surface area contributed by atoms with Gasteiger partial charge in [0.1, 0.15) is 18.9 Å². The highest BCUT2D eigenvalue weighted by molar-refractivity contribution is 5.47. The molecule has 1 aromatic carbocycles. The van der Waals surface area contributed by atoms with Crippen LogP contribution in [0.3, 0.4) is 0 Å². The number of aryl methyl sites for hydroxylation is 1. The number of imidazole rings is 1. The van der Waals surface area contributed by atoms with E-state index in [0.717, 1.165) is 13.1 Å². The molecule has 0 N–H and O–H groups in total. The summed E-state index contributed by atoms with van der Waals surface area (Å²) in [5.41, 5.74) is 2.49. The van der Waals surface area contributed by atoms with Crippen molar-refractivity contribution >= 4 is 6.08 Å². The summed E-state index contributed by atoms with van der Waals surface area (Å²) in [6.07, 6.45) is 10.8. The van der Waals surface area contributed by atoms with Crippen molar-refractivity contribution in [2.45, 2.75) is 32.9 Å². The molecule has 1 aromatic heterocycles. The molecule has 0 amide bonds. The number of unbranched alkanes of at least 4 members (excludes halogenated alkanes) is 1. The molecule has 19 heavy (non-hydrogen) atoms. The highest BCUT2D eigenvalue weighted by atomic mass is 127. The third-order valence-electron chi connectivity index (χ3n) is 3.10. The molecule has 1 heterocycles. The first-order valence-electron chi connectivity index (χ1n) is 6.58. The zero-order valence-electron chi connectivity index (χ0n) is 11.4. The van der Waals surface area contributed by atoms with Crippen LogP contribution in [0.2, 0.25) is 0 Å². The van der Waals surface area contributed by atoms with E-state index in [1.807, 2.05) is 6.08 Å². The van der Waals surface area contributed by atoms with Crippen LogP contribution in [-0.2, 0) is 13.1 Å². The molecule has 0 aliphatic rings. The van der Waals surface area contributed by atoms with E-state index in [4.69, 9.17) is 0 Å². The third-order valence-corrected chi connectivity index (χ3v) is 3.10. The molecule has 0 bridgehead atoms. The van der Waals surface area contributed by atoms with Crippen LogP contribution >= 0.6 is 0 Å². The molecular formula is C16H21IN2. The molecule has 0 spiro atoms.